The van der Waals surface area contributed by atoms with Crippen molar-refractivity contribution in [3.63, 3.8) is 0 Å². The van der Waals surface area contributed by atoms with Crippen molar-refractivity contribution in [2.75, 3.05) is 5.73 Å². The first-order valence-electron chi connectivity index (χ1n) is 3.76. The Hall–Kier alpha value is -1.81. The number of anilines is 1. The highest BCUT2D eigenvalue weighted by Gasteiger charge is 1.89. The lowest BCUT2D eigenvalue weighted by atomic mass is 10.2. The summed E-state index contributed by atoms with van der Waals surface area (Å²) in [6, 6.07) is 7.16. The van der Waals surface area contributed by atoms with Crippen LogP contribution in [0.4, 0.5) is 5.69 Å². The summed E-state index contributed by atoms with van der Waals surface area (Å²) >= 11 is 0. The molecule has 0 atom stereocenters. The number of rotatable bonds is 2. The molecule has 1 aromatic rings. The van der Waals surface area contributed by atoms with E-state index in [9.17, 15) is 4.79 Å². The third kappa shape index (κ3) is 2.96. The minimum atomic E-state index is -0.336. The van der Waals surface area contributed by atoms with Crippen LogP contribution in [0.1, 0.15) is 5.56 Å². The number of nitrogens with one attached hydrogen (secondary N) is 1. The maximum Gasteiger partial charge on any atom is 0.257 e. The molecule has 1 aromatic carbocycles. The summed E-state index contributed by atoms with van der Waals surface area (Å²) in [6.07, 6.45) is 3.01. The lowest BCUT2D eigenvalue weighted by Crippen LogP contribution is -2.27. The van der Waals surface area contributed by atoms with Gasteiger partial charge in [0, 0.05) is 11.8 Å². The van der Waals surface area contributed by atoms with Gasteiger partial charge in [0.2, 0.25) is 0 Å². The second-order valence-corrected chi connectivity index (χ2v) is 2.51. The van der Waals surface area contributed by atoms with Crippen LogP contribution in [-0.4, -0.2) is 5.91 Å². The highest BCUT2D eigenvalue weighted by molar-refractivity contribution is 5.91. The zero-order valence-electron chi connectivity index (χ0n) is 7.03. The van der Waals surface area contributed by atoms with Gasteiger partial charge in [-0.25, -0.2) is 5.84 Å². The van der Waals surface area contributed by atoms with Gasteiger partial charge < -0.3 is 5.73 Å². The van der Waals surface area contributed by atoms with Gasteiger partial charge in [-0.2, -0.15) is 0 Å². The first-order valence-corrected chi connectivity index (χ1v) is 3.76. The number of hydrazine groups is 1. The summed E-state index contributed by atoms with van der Waals surface area (Å²) in [5.74, 6) is 4.55. The predicted molar refractivity (Wildman–Crippen MR) is 52.2 cm³/mol. The molecule has 0 bridgehead atoms. The molecule has 0 unspecified atom stereocenters. The lowest BCUT2D eigenvalue weighted by molar-refractivity contribution is -0.116. The topological polar surface area (TPSA) is 81.1 Å². The number of carbonyl (C=O) groups is 1. The van der Waals surface area contributed by atoms with Crippen molar-refractivity contribution in [1.29, 1.82) is 0 Å². The molecule has 68 valence electrons. The van der Waals surface area contributed by atoms with Crippen LogP contribution in [-0.2, 0) is 4.79 Å². The van der Waals surface area contributed by atoms with Gasteiger partial charge in [0.15, 0.2) is 0 Å². The largest absolute Gasteiger partial charge is 0.399 e. The fraction of sp³-hybridized carbons (Fsp3) is 0. The quantitative estimate of drug-likeness (QED) is 0.199. The fourth-order valence-electron chi connectivity index (χ4n) is 0.827. The van der Waals surface area contributed by atoms with Crippen molar-refractivity contribution in [3.8, 4) is 0 Å². The molecule has 0 saturated carbocycles. The van der Waals surface area contributed by atoms with E-state index in [1.165, 1.54) is 6.08 Å². The lowest BCUT2D eigenvalue weighted by Gasteiger charge is -1.94. The Kier molecular flexibility index (Phi) is 3.05. The van der Waals surface area contributed by atoms with E-state index in [1.54, 1.807) is 18.2 Å². The molecular formula is C9H11N3O. The van der Waals surface area contributed by atoms with Gasteiger partial charge in [-0.3, -0.25) is 10.2 Å². The number of amides is 1. The van der Waals surface area contributed by atoms with Crippen LogP contribution in [0.25, 0.3) is 6.08 Å². The Morgan fingerprint density at radius 2 is 1.92 bits per heavy atom. The Morgan fingerprint density at radius 1 is 1.31 bits per heavy atom. The first kappa shape index (κ1) is 9.28. The number of nitrogens with two attached hydrogens (primary N) is 2. The fourth-order valence-corrected chi connectivity index (χ4v) is 0.827. The number of carbonyl (C=O) groups excluding carboxylic acids is 1. The molecule has 0 saturated heterocycles. The van der Waals surface area contributed by atoms with E-state index in [0.29, 0.717) is 5.69 Å². The molecule has 0 spiro atoms. The molecule has 0 fully saturated rings. The molecule has 0 aliphatic carbocycles. The van der Waals surface area contributed by atoms with E-state index in [-0.39, 0.29) is 5.91 Å². The number of nitrogen functional groups attached to an aromatic ring is 1. The van der Waals surface area contributed by atoms with Crippen LogP contribution in [0, 0.1) is 0 Å². The van der Waals surface area contributed by atoms with Gasteiger partial charge in [-0.05, 0) is 23.8 Å². The van der Waals surface area contributed by atoms with Crippen LogP contribution in [0.15, 0.2) is 30.3 Å². The molecule has 1 amide bonds. The average Bonchev–Trinajstić information content (AvgIpc) is 2.16. The van der Waals surface area contributed by atoms with Gasteiger partial charge in [-0.15, -0.1) is 0 Å². The van der Waals surface area contributed by atoms with Crippen molar-refractivity contribution in [2.45, 2.75) is 0 Å². The molecule has 0 radical (unpaired) electrons. The highest BCUT2D eigenvalue weighted by Crippen LogP contribution is 2.06. The van der Waals surface area contributed by atoms with Crippen LogP contribution in [0.3, 0.4) is 0 Å². The molecular weight excluding hydrogens is 166 g/mol. The van der Waals surface area contributed by atoms with Crippen LogP contribution in [0.2, 0.25) is 0 Å². The predicted octanol–water partition coefficient (Wildman–Crippen LogP) is 0.272. The van der Waals surface area contributed by atoms with Crippen molar-refractivity contribution < 1.29 is 4.79 Å². The zero-order chi connectivity index (χ0) is 9.68. The Balaban J connectivity index is 2.69. The zero-order valence-corrected chi connectivity index (χ0v) is 7.03. The van der Waals surface area contributed by atoms with Crippen molar-refractivity contribution in [3.05, 3.63) is 35.9 Å². The highest BCUT2D eigenvalue weighted by atomic mass is 16.2. The molecule has 4 heteroatoms. The van der Waals surface area contributed by atoms with Gasteiger partial charge >= 0.3 is 0 Å². The number of hydrogen-bond donors (Lipinski definition) is 3. The SMILES string of the molecule is NNC(=O)/C=C/c1ccc(N)cc1. The molecule has 5 N–H and O–H groups in total. The van der Waals surface area contributed by atoms with Crippen LogP contribution < -0.4 is 17.0 Å². The van der Waals surface area contributed by atoms with Crippen LogP contribution in [0.5, 0.6) is 0 Å². The first-order chi connectivity index (χ1) is 6.22. The Morgan fingerprint density at radius 3 is 2.46 bits per heavy atom. The third-order valence-electron chi connectivity index (χ3n) is 1.51. The average molecular weight is 177 g/mol. The summed E-state index contributed by atoms with van der Waals surface area (Å²) in [5.41, 5.74) is 9.08. The smallest absolute Gasteiger partial charge is 0.257 e. The van der Waals surface area contributed by atoms with Gasteiger partial charge in [0.05, 0.1) is 0 Å². The summed E-state index contributed by atoms with van der Waals surface area (Å²) in [6.45, 7) is 0. The third-order valence-corrected chi connectivity index (χ3v) is 1.51. The summed E-state index contributed by atoms with van der Waals surface area (Å²) in [7, 11) is 0. The molecule has 13 heavy (non-hydrogen) atoms. The Labute approximate surface area is 76.2 Å². The van der Waals surface area contributed by atoms with E-state index in [1.807, 2.05) is 17.6 Å². The summed E-state index contributed by atoms with van der Waals surface area (Å²) in [5, 5.41) is 0. The maximum absolute atomic E-state index is 10.7. The molecule has 4 nitrogen and oxygen atoms in total. The Bertz CT molecular complexity index is 316. The van der Waals surface area contributed by atoms with E-state index in [0.717, 1.165) is 5.56 Å². The molecule has 1 rings (SSSR count). The van der Waals surface area contributed by atoms with Gasteiger partial charge in [-0.1, -0.05) is 12.1 Å². The van der Waals surface area contributed by atoms with E-state index < -0.39 is 0 Å². The van der Waals surface area contributed by atoms with Gasteiger partial charge in [0.1, 0.15) is 0 Å². The monoisotopic (exact) mass is 177 g/mol. The van der Waals surface area contributed by atoms with Crippen molar-refractivity contribution >= 4 is 17.7 Å². The van der Waals surface area contributed by atoms with E-state index >= 15 is 0 Å². The molecule has 0 heterocycles. The van der Waals surface area contributed by atoms with E-state index in [4.69, 9.17) is 11.6 Å². The number of benzene rings is 1. The molecule has 0 aromatic heterocycles. The van der Waals surface area contributed by atoms with E-state index in [2.05, 4.69) is 0 Å². The normalized spacial score (nSPS) is 10.2. The summed E-state index contributed by atoms with van der Waals surface area (Å²) < 4.78 is 0. The maximum atomic E-state index is 10.7. The van der Waals surface area contributed by atoms with Crippen molar-refractivity contribution in [1.82, 2.24) is 5.43 Å². The standard InChI is InChI=1S/C9H11N3O/c10-8-4-1-7(2-5-8)3-6-9(13)12-11/h1-6H,10-11H2,(H,12,13)/b6-3+. The minimum absolute atomic E-state index is 0.336. The summed E-state index contributed by atoms with van der Waals surface area (Å²) in [4.78, 5) is 10.7. The van der Waals surface area contributed by atoms with Gasteiger partial charge in [0.25, 0.3) is 5.91 Å². The second-order valence-electron chi connectivity index (χ2n) is 2.51. The van der Waals surface area contributed by atoms with Crippen LogP contribution >= 0.6 is 0 Å². The van der Waals surface area contributed by atoms with Crippen molar-refractivity contribution in [2.24, 2.45) is 5.84 Å². The molecule has 0 aliphatic rings. The second kappa shape index (κ2) is 4.27. The number of hydrogen-bond acceptors (Lipinski definition) is 3. The molecule has 0 aliphatic heterocycles. The minimum Gasteiger partial charge on any atom is -0.399 e.